The number of aliphatic hydroxyl groups excluding tert-OH is 1. The van der Waals surface area contributed by atoms with Gasteiger partial charge in [0.2, 0.25) is 0 Å². The maximum Gasteiger partial charge on any atom is 0.321 e. The molecule has 2 saturated heterocycles. The number of ether oxygens (including phenoxy) is 1. The molecule has 0 radical (unpaired) electrons. The number of aliphatic hydroxyl groups is 1. The molecular formula is C31H39N3O3. The number of rotatable bonds is 4. The molecule has 0 aromatic heterocycles. The van der Waals surface area contributed by atoms with Gasteiger partial charge in [-0.2, -0.15) is 0 Å². The molecule has 196 valence electrons. The third-order valence-corrected chi connectivity index (χ3v) is 8.32. The second-order valence-electron chi connectivity index (χ2n) is 10.6. The van der Waals surface area contributed by atoms with Crippen molar-refractivity contribution in [1.29, 1.82) is 0 Å². The number of benzene rings is 2. The van der Waals surface area contributed by atoms with Crippen molar-refractivity contribution in [3.63, 3.8) is 0 Å². The molecule has 1 saturated carbocycles. The van der Waals surface area contributed by atoms with Crippen LogP contribution in [0.25, 0.3) is 0 Å². The Kier molecular flexibility index (Phi) is 8.33. The van der Waals surface area contributed by atoms with Crippen molar-refractivity contribution in [2.75, 3.05) is 38.7 Å². The van der Waals surface area contributed by atoms with Crippen molar-refractivity contribution >= 4 is 11.7 Å². The van der Waals surface area contributed by atoms with Gasteiger partial charge in [0, 0.05) is 48.3 Å². The lowest BCUT2D eigenvalue weighted by molar-refractivity contribution is -0.0585. The molecule has 1 aliphatic carbocycles. The van der Waals surface area contributed by atoms with Crippen LogP contribution in [0.1, 0.15) is 62.0 Å². The number of hydrogen-bond acceptors (Lipinski definition) is 4. The van der Waals surface area contributed by atoms with Gasteiger partial charge in [-0.3, -0.25) is 4.90 Å². The van der Waals surface area contributed by atoms with Gasteiger partial charge in [0.05, 0.1) is 13.7 Å². The molecule has 6 heteroatoms. The first-order valence-electron chi connectivity index (χ1n) is 13.8. The summed E-state index contributed by atoms with van der Waals surface area (Å²) in [6.07, 6.45) is 8.37. The molecule has 2 aliphatic heterocycles. The van der Waals surface area contributed by atoms with E-state index in [2.05, 4.69) is 46.3 Å². The van der Waals surface area contributed by atoms with Crippen molar-refractivity contribution in [2.45, 2.75) is 62.9 Å². The van der Waals surface area contributed by atoms with E-state index in [9.17, 15) is 9.90 Å². The third kappa shape index (κ3) is 5.95. The van der Waals surface area contributed by atoms with Crippen molar-refractivity contribution in [2.24, 2.45) is 5.92 Å². The fraction of sp³-hybridized carbons (Fsp3) is 0.516. The van der Waals surface area contributed by atoms with Crippen LogP contribution in [0.3, 0.4) is 0 Å². The number of carbonyl (C=O) groups is 1. The Morgan fingerprint density at radius 1 is 1.00 bits per heavy atom. The molecule has 0 bridgehead atoms. The zero-order chi connectivity index (χ0) is 25.6. The number of hydrogen-bond donors (Lipinski definition) is 2. The minimum absolute atomic E-state index is 0.0773. The van der Waals surface area contributed by atoms with E-state index in [0.717, 1.165) is 42.9 Å². The SMILES string of the molecule is COc1ccc(NC(=O)N2CCCCN3[C@H](CO)[C@H](c4ccc(C#CC5CCCCC5)cc4)[C@@H]3C2)cc1. The highest BCUT2D eigenvalue weighted by atomic mass is 16.5. The van der Waals surface area contributed by atoms with Gasteiger partial charge < -0.3 is 20.1 Å². The molecule has 5 rings (SSSR count). The quantitative estimate of drug-likeness (QED) is 0.574. The van der Waals surface area contributed by atoms with Crippen LogP contribution >= 0.6 is 0 Å². The summed E-state index contributed by atoms with van der Waals surface area (Å²) in [6, 6.07) is 16.2. The van der Waals surface area contributed by atoms with Gasteiger partial charge in [-0.15, -0.1) is 0 Å². The summed E-state index contributed by atoms with van der Waals surface area (Å²) in [4.78, 5) is 17.5. The van der Waals surface area contributed by atoms with Crippen molar-refractivity contribution in [3.8, 4) is 17.6 Å². The number of urea groups is 1. The summed E-state index contributed by atoms with van der Waals surface area (Å²) < 4.78 is 5.22. The molecule has 3 fully saturated rings. The molecule has 37 heavy (non-hydrogen) atoms. The van der Waals surface area contributed by atoms with E-state index < -0.39 is 0 Å². The maximum absolute atomic E-state index is 13.2. The van der Waals surface area contributed by atoms with Crippen LogP contribution in [0.15, 0.2) is 48.5 Å². The van der Waals surface area contributed by atoms with Gasteiger partial charge in [-0.25, -0.2) is 4.79 Å². The average Bonchev–Trinajstić information content (AvgIpc) is 2.92. The highest BCUT2D eigenvalue weighted by Gasteiger charge is 2.49. The van der Waals surface area contributed by atoms with E-state index in [0.29, 0.717) is 12.5 Å². The summed E-state index contributed by atoms with van der Waals surface area (Å²) in [7, 11) is 1.63. The number of fused-ring (bicyclic) bond motifs is 1. The lowest BCUT2D eigenvalue weighted by Gasteiger charge is -2.57. The number of anilines is 1. The molecule has 3 aliphatic rings. The van der Waals surface area contributed by atoms with E-state index in [1.54, 1.807) is 7.11 Å². The second kappa shape index (κ2) is 12.0. The van der Waals surface area contributed by atoms with Gasteiger partial charge in [0.1, 0.15) is 5.75 Å². The van der Waals surface area contributed by atoms with Crippen molar-refractivity contribution < 1.29 is 14.6 Å². The van der Waals surface area contributed by atoms with Crippen LogP contribution < -0.4 is 10.1 Å². The zero-order valence-electron chi connectivity index (χ0n) is 21.9. The lowest BCUT2D eigenvalue weighted by atomic mass is 9.74. The van der Waals surface area contributed by atoms with Crippen LogP contribution in [-0.4, -0.2) is 66.4 Å². The Labute approximate surface area is 221 Å². The molecule has 2 aromatic carbocycles. The topological polar surface area (TPSA) is 65.0 Å². The normalized spacial score (nSPS) is 24.5. The Hall–Kier alpha value is -3.01. The molecule has 2 N–H and O–H groups in total. The molecule has 2 aromatic rings. The van der Waals surface area contributed by atoms with Crippen LogP contribution in [0.5, 0.6) is 5.75 Å². The molecule has 2 heterocycles. The van der Waals surface area contributed by atoms with E-state index in [-0.39, 0.29) is 30.6 Å². The summed E-state index contributed by atoms with van der Waals surface area (Å²) in [5.41, 5.74) is 3.04. The van der Waals surface area contributed by atoms with Gasteiger partial charge in [-0.1, -0.05) is 43.2 Å². The molecule has 2 amide bonds. The first kappa shape index (κ1) is 25.6. The van der Waals surface area contributed by atoms with E-state index in [4.69, 9.17) is 4.74 Å². The van der Waals surface area contributed by atoms with Gasteiger partial charge in [0.15, 0.2) is 0 Å². The predicted molar refractivity (Wildman–Crippen MR) is 147 cm³/mol. The van der Waals surface area contributed by atoms with Gasteiger partial charge in [0.25, 0.3) is 0 Å². The first-order chi connectivity index (χ1) is 18.2. The standard InChI is InChI=1S/C31H39N3O3/c1-37-27-17-15-26(16-18-27)32-31(36)33-19-5-6-20-34-28(21-33)30(29(34)22-35)25-13-11-24(12-14-25)10-9-23-7-3-2-4-8-23/h11-18,23,28-30,35H,2-8,19-22H2,1H3,(H,32,36)/t28-,29+,30+/m0/s1. The zero-order valence-corrected chi connectivity index (χ0v) is 21.9. The molecule has 0 unspecified atom stereocenters. The van der Waals surface area contributed by atoms with Crippen molar-refractivity contribution in [1.82, 2.24) is 9.80 Å². The highest BCUT2D eigenvalue weighted by Crippen LogP contribution is 2.42. The Morgan fingerprint density at radius 3 is 2.43 bits per heavy atom. The summed E-state index contributed by atoms with van der Waals surface area (Å²) >= 11 is 0. The second-order valence-corrected chi connectivity index (χ2v) is 10.6. The average molecular weight is 502 g/mol. The fourth-order valence-electron chi connectivity index (χ4n) is 6.22. The Bertz CT molecular complexity index is 1100. The van der Waals surface area contributed by atoms with Gasteiger partial charge in [-0.05, 0) is 74.2 Å². The van der Waals surface area contributed by atoms with Crippen LogP contribution in [0.2, 0.25) is 0 Å². The Morgan fingerprint density at radius 2 is 1.73 bits per heavy atom. The highest BCUT2D eigenvalue weighted by molar-refractivity contribution is 5.89. The van der Waals surface area contributed by atoms with Crippen LogP contribution in [0.4, 0.5) is 10.5 Å². The lowest BCUT2D eigenvalue weighted by Crippen LogP contribution is -2.68. The number of methoxy groups -OCH3 is 1. The maximum atomic E-state index is 13.2. The van der Waals surface area contributed by atoms with Crippen LogP contribution in [0, 0.1) is 17.8 Å². The summed E-state index contributed by atoms with van der Waals surface area (Å²) in [5, 5.41) is 13.3. The van der Waals surface area contributed by atoms with E-state index >= 15 is 0 Å². The number of amides is 2. The smallest absolute Gasteiger partial charge is 0.321 e. The van der Waals surface area contributed by atoms with Gasteiger partial charge >= 0.3 is 6.03 Å². The third-order valence-electron chi connectivity index (χ3n) is 8.32. The number of carbonyl (C=O) groups excluding carboxylic acids is 1. The molecule has 6 nitrogen and oxygen atoms in total. The minimum Gasteiger partial charge on any atom is -0.497 e. The van der Waals surface area contributed by atoms with E-state index in [1.807, 2.05) is 29.2 Å². The number of nitrogens with one attached hydrogen (secondary N) is 1. The first-order valence-corrected chi connectivity index (χ1v) is 13.8. The predicted octanol–water partition coefficient (Wildman–Crippen LogP) is 5.08. The van der Waals surface area contributed by atoms with E-state index in [1.165, 1.54) is 37.7 Å². The van der Waals surface area contributed by atoms with Crippen LogP contribution in [-0.2, 0) is 0 Å². The molecular weight excluding hydrogens is 462 g/mol. The summed E-state index contributed by atoms with van der Waals surface area (Å²) in [5.74, 6) is 8.37. The van der Waals surface area contributed by atoms with Crippen molar-refractivity contribution in [3.05, 3.63) is 59.7 Å². The number of nitrogens with zero attached hydrogens (tertiary/aromatic N) is 2. The minimum atomic E-state index is -0.0773. The molecule has 0 spiro atoms. The summed E-state index contributed by atoms with van der Waals surface area (Å²) in [6.45, 7) is 2.47. The largest absolute Gasteiger partial charge is 0.497 e. The Balaban J connectivity index is 1.27. The fourth-order valence-corrected chi connectivity index (χ4v) is 6.22. The monoisotopic (exact) mass is 501 g/mol. The molecule has 3 atom stereocenters.